The predicted octanol–water partition coefficient (Wildman–Crippen LogP) is 2.94. The third kappa shape index (κ3) is 5.45. The van der Waals surface area contributed by atoms with Gasteiger partial charge in [0.25, 0.3) is 0 Å². The highest BCUT2D eigenvalue weighted by Crippen LogP contribution is 2.25. The van der Waals surface area contributed by atoms with Gasteiger partial charge in [-0.2, -0.15) is 0 Å². The number of nitrogens with one attached hydrogen (secondary N) is 1. The van der Waals surface area contributed by atoms with E-state index in [1.807, 2.05) is 37.4 Å². The lowest BCUT2D eigenvalue weighted by Crippen LogP contribution is -2.38. The SMILES string of the molecule is CCNC(=NCCc1ccco1)N(C)Cc1ccc(OC)cc1OC. The van der Waals surface area contributed by atoms with Crippen molar-refractivity contribution in [1.29, 1.82) is 0 Å². The number of guanidine groups is 1. The maximum absolute atomic E-state index is 5.48. The van der Waals surface area contributed by atoms with Crippen LogP contribution in [0.2, 0.25) is 0 Å². The minimum Gasteiger partial charge on any atom is -0.497 e. The Hall–Kier alpha value is -2.63. The summed E-state index contributed by atoms with van der Waals surface area (Å²) in [5, 5.41) is 3.32. The van der Waals surface area contributed by atoms with Crippen molar-refractivity contribution in [3.05, 3.63) is 47.9 Å². The van der Waals surface area contributed by atoms with E-state index < -0.39 is 0 Å². The Bertz CT molecular complexity index is 669. The second-order valence-electron chi connectivity index (χ2n) is 5.60. The van der Waals surface area contributed by atoms with Gasteiger partial charge in [-0.1, -0.05) is 0 Å². The molecule has 0 spiro atoms. The summed E-state index contributed by atoms with van der Waals surface area (Å²) in [6.07, 6.45) is 2.47. The Kier molecular flexibility index (Phi) is 7.19. The molecule has 0 aliphatic carbocycles. The first kappa shape index (κ1) is 18.7. The van der Waals surface area contributed by atoms with Crippen LogP contribution in [0.4, 0.5) is 0 Å². The Morgan fingerprint density at radius 2 is 2.08 bits per heavy atom. The van der Waals surface area contributed by atoms with Crippen molar-refractivity contribution in [3.8, 4) is 11.5 Å². The van der Waals surface area contributed by atoms with Crippen LogP contribution in [0.15, 0.2) is 46.0 Å². The van der Waals surface area contributed by atoms with Gasteiger partial charge in [0.2, 0.25) is 0 Å². The quantitative estimate of drug-likeness (QED) is 0.589. The molecule has 136 valence electrons. The van der Waals surface area contributed by atoms with Crippen molar-refractivity contribution >= 4 is 5.96 Å². The number of nitrogens with zero attached hydrogens (tertiary/aromatic N) is 2. The molecule has 0 saturated carbocycles. The summed E-state index contributed by atoms with van der Waals surface area (Å²) in [6, 6.07) is 9.71. The summed E-state index contributed by atoms with van der Waals surface area (Å²) in [5.41, 5.74) is 1.07. The first-order valence-corrected chi connectivity index (χ1v) is 8.40. The second-order valence-corrected chi connectivity index (χ2v) is 5.60. The van der Waals surface area contributed by atoms with Gasteiger partial charge in [0.1, 0.15) is 17.3 Å². The summed E-state index contributed by atoms with van der Waals surface area (Å²) in [7, 11) is 5.33. The number of hydrogen-bond acceptors (Lipinski definition) is 4. The van der Waals surface area contributed by atoms with E-state index in [-0.39, 0.29) is 0 Å². The fourth-order valence-corrected chi connectivity index (χ4v) is 2.51. The van der Waals surface area contributed by atoms with Crippen molar-refractivity contribution in [2.75, 3.05) is 34.4 Å². The molecule has 1 aromatic heterocycles. The summed E-state index contributed by atoms with van der Waals surface area (Å²) < 4.78 is 16.1. The lowest BCUT2D eigenvalue weighted by molar-refractivity contribution is 0.382. The molecule has 0 atom stereocenters. The lowest BCUT2D eigenvalue weighted by atomic mass is 10.2. The number of methoxy groups -OCH3 is 2. The Labute approximate surface area is 149 Å². The molecule has 25 heavy (non-hydrogen) atoms. The van der Waals surface area contributed by atoms with Gasteiger partial charge in [-0.15, -0.1) is 0 Å². The van der Waals surface area contributed by atoms with E-state index in [9.17, 15) is 0 Å². The third-order valence-corrected chi connectivity index (χ3v) is 3.80. The van der Waals surface area contributed by atoms with Crippen molar-refractivity contribution in [1.82, 2.24) is 10.2 Å². The number of ether oxygens (including phenoxy) is 2. The van der Waals surface area contributed by atoms with Gasteiger partial charge < -0.3 is 24.1 Å². The van der Waals surface area contributed by atoms with Crippen LogP contribution in [0.3, 0.4) is 0 Å². The zero-order chi connectivity index (χ0) is 18.1. The number of aliphatic imine (C=N–C) groups is 1. The average Bonchev–Trinajstić information content (AvgIpc) is 3.14. The highest BCUT2D eigenvalue weighted by Gasteiger charge is 2.11. The maximum Gasteiger partial charge on any atom is 0.193 e. The second kappa shape index (κ2) is 9.61. The first-order chi connectivity index (χ1) is 12.2. The van der Waals surface area contributed by atoms with Gasteiger partial charge in [-0.3, -0.25) is 4.99 Å². The molecule has 0 aliphatic rings. The van der Waals surface area contributed by atoms with E-state index in [0.29, 0.717) is 13.1 Å². The molecule has 0 bridgehead atoms. The Morgan fingerprint density at radius 1 is 1.24 bits per heavy atom. The number of furan rings is 1. The standard InChI is InChI=1S/C19H27N3O3/c1-5-20-19(21-11-10-16-7-6-12-25-16)22(2)14-15-8-9-17(23-3)13-18(15)24-4/h6-9,12-13H,5,10-11,14H2,1-4H3,(H,20,21). The van der Waals surface area contributed by atoms with Gasteiger partial charge in [0, 0.05) is 44.7 Å². The van der Waals surface area contributed by atoms with Crippen molar-refractivity contribution in [3.63, 3.8) is 0 Å². The molecule has 0 radical (unpaired) electrons. The molecule has 1 N–H and O–H groups in total. The van der Waals surface area contributed by atoms with Gasteiger partial charge in [0.15, 0.2) is 5.96 Å². The monoisotopic (exact) mass is 345 g/mol. The van der Waals surface area contributed by atoms with Crippen molar-refractivity contribution in [2.45, 2.75) is 19.9 Å². The van der Waals surface area contributed by atoms with Crippen LogP contribution < -0.4 is 14.8 Å². The molecule has 6 nitrogen and oxygen atoms in total. The van der Waals surface area contributed by atoms with Crippen LogP contribution in [0.1, 0.15) is 18.2 Å². The van der Waals surface area contributed by atoms with E-state index >= 15 is 0 Å². The molecule has 0 unspecified atom stereocenters. The van der Waals surface area contributed by atoms with E-state index in [0.717, 1.165) is 41.7 Å². The zero-order valence-electron chi connectivity index (χ0n) is 15.4. The number of rotatable bonds is 8. The van der Waals surface area contributed by atoms with Gasteiger partial charge in [0.05, 0.1) is 20.5 Å². The summed E-state index contributed by atoms with van der Waals surface area (Å²) in [4.78, 5) is 6.76. The Balaban J connectivity index is 2.05. The molecule has 0 saturated heterocycles. The predicted molar refractivity (Wildman–Crippen MR) is 99.4 cm³/mol. The van der Waals surface area contributed by atoms with Crippen LogP contribution in [0, 0.1) is 0 Å². The highest BCUT2D eigenvalue weighted by atomic mass is 16.5. The highest BCUT2D eigenvalue weighted by molar-refractivity contribution is 5.79. The maximum atomic E-state index is 5.48. The smallest absolute Gasteiger partial charge is 0.193 e. The molecule has 1 heterocycles. The van der Waals surface area contributed by atoms with Gasteiger partial charge >= 0.3 is 0 Å². The molecule has 0 amide bonds. The van der Waals surface area contributed by atoms with E-state index in [2.05, 4.69) is 22.1 Å². The Morgan fingerprint density at radius 3 is 2.72 bits per heavy atom. The van der Waals surface area contributed by atoms with Crippen LogP contribution in [-0.2, 0) is 13.0 Å². The fourth-order valence-electron chi connectivity index (χ4n) is 2.51. The topological polar surface area (TPSA) is 59.2 Å². The number of hydrogen-bond donors (Lipinski definition) is 1. The summed E-state index contributed by atoms with van der Waals surface area (Å²) in [6.45, 7) is 4.22. The molecule has 2 aromatic rings. The molecule has 0 fully saturated rings. The van der Waals surface area contributed by atoms with Crippen LogP contribution >= 0.6 is 0 Å². The fraction of sp³-hybridized carbons (Fsp3) is 0.421. The molecular formula is C19H27N3O3. The molecule has 2 rings (SSSR count). The van der Waals surface area contributed by atoms with Gasteiger partial charge in [-0.25, -0.2) is 0 Å². The minimum absolute atomic E-state index is 0.667. The van der Waals surface area contributed by atoms with Crippen LogP contribution in [0.25, 0.3) is 0 Å². The van der Waals surface area contributed by atoms with E-state index in [1.165, 1.54) is 0 Å². The number of benzene rings is 1. The molecule has 6 heteroatoms. The lowest BCUT2D eigenvalue weighted by Gasteiger charge is -2.23. The minimum atomic E-state index is 0.667. The average molecular weight is 345 g/mol. The summed E-state index contributed by atoms with van der Waals surface area (Å²) >= 11 is 0. The van der Waals surface area contributed by atoms with Crippen molar-refractivity contribution < 1.29 is 13.9 Å². The first-order valence-electron chi connectivity index (χ1n) is 8.40. The van der Waals surface area contributed by atoms with Crippen LogP contribution in [-0.4, -0.2) is 45.2 Å². The van der Waals surface area contributed by atoms with Crippen molar-refractivity contribution in [2.24, 2.45) is 4.99 Å². The zero-order valence-corrected chi connectivity index (χ0v) is 15.4. The normalized spacial score (nSPS) is 11.3. The van der Waals surface area contributed by atoms with E-state index in [4.69, 9.17) is 13.9 Å². The molecular weight excluding hydrogens is 318 g/mol. The third-order valence-electron chi connectivity index (χ3n) is 3.80. The van der Waals surface area contributed by atoms with E-state index in [1.54, 1.807) is 20.5 Å². The largest absolute Gasteiger partial charge is 0.497 e. The molecule has 0 aliphatic heterocycles. The van der Waals surface area contributed by atoms with Gasteiger partial charge in [-0.05, 0) is 31.2 Å². The molecule has 1 aromatic carbocycles. The van der Waals surface area contributed by atoms with Crippen LogP contribution in [0.5, 0.6) is 11.5 Å². The summed E-state index contributed by atoms with van der Waals surface area (Å²) in [5.74, 6) is 3.38.